The van der Waals surface area contributed by atoms with E-state index in [9.17, 15) is 9.59 Å². The van der Waals surface area contributed by atoms with E-state index in [1.54, 1.807) is 4.90 Å². The van der Waals surface area contributed by atoms with Crippen LogP contribution in [0.4, 0.5) is 4.79 Å². The van der Waals surface area contributed by atoms with Crippen molar-refractivity contribution in [1.29, 1.82) is 0 Å². The van der Waals surface area contributed by atoms with Crippen LogP contribution in [0, 0.1) is 0 Å². The van der Waals surface area contributed by atoms with Gasteiger partial charge in [-0.15, -0.1) is 0 Å². The molecule has 2 rings (SSSR count). The largest absolute Gasteiger partial charge is 0.444 e. The molecule has 1 aliphatic heterocycles. The number of carbonyl (C=O) groups is 2. The highest BCUT2D eigenvalue weighted by Crippen LogP contribution is 2.28. The fourth-order valence-corrected chi connectivity index (χ4v) is 3.87. The van der Waals surface area contributed by atoms with Crippen molar-refractivity contribution in [3.8, 4) is 0 Å². The van der Waals surface area contributed by atoms with E-state index >= 15 is 0 Å². The van der Waals surface area contributed by atoms with Crippen LogP contribution < -0.4 is 0 Å². The summed E-state index contributed by atoms with van der Waals surface area (Å²) < 4.78 is 5.51. The number of likely N-dealkylation sites (N-methyl/N-ethyl adjacent to an activating group) is 1. The van der Waals surface area contributed by atoms with Crippen LogP contribution in [0.1, 0.15) is 59.1 Å². The van der Waals surface area contributed by atoms with Crippen LogP contribution in [0.25, 0.3) is 0 Å². The predicted octanol–water partition coefficient (Wildman–Crippen LogP) is 3.93. The zero-order valence-electron chi connectivity index (χ0n) is 18.9. The lowest BCUT2D eigenvalue weighted by Crippen LogP contribution is -2.50. The van der Waals surface area contributed by atoms with Crippen molar-refractivity contribution in [2.75, 3.05) is 33.2 Å². The number of likely N-dealkylation sites (tertiary alicyclic amines) is 1. The Bertz CT molecular complexity index is 660. The number of hydrogen-bond acceptors (Lipinski definition) is 4. The Morgan fingerprint density at radius 3 is 2.14 bits per heavy atom. The van der Waals surface area contributed by atoms with Crippen molar-refractivity contribution in [3.63, 3.8) is 0 Å². The van der Waals surface area contributed by atoms with Gasteiger partial charge in [0.05, 0.1) is 0 Å². The first kappa shape index (κ1) is 23.2. The molecule has 0 aliphatic carbocycles. The summed E-state index contributed by atoms with van der Waals surface area (Å²) in [4.78, 5) is 31.6. The Morgan fingerprint density at radius 2 is 1.66 bits per heavy atom. The van der Waals surface area contributed by atoms with Crippen molar-refractivity contribution < 1.29 is 14.3 Å². The van der Waals surface area contributed by atoms with Gasteiger partial charge in [-0.05, 0) is 53.0 Å². The number of piperidine rings is 1. The number of benzene rings is 1. The maximum Gasteiger partial charge on any atom is 0.410 e. The number of carbonyl (C=O) groups excluding carboxylic acids is 2. The number of rotatable bonds is 6. The molecular weight excluding hydrogens is 366 g/mol. The van der Waals surface area contributed by atoms with E-state index in [0.717, 1.165) is 31.5 Å². The third-order valence-corrected chi connectivity index (χ3v) is 5.52. The summed E-state index contributed by atoms with van der Waals surface area (Å²) in [6.45, 7) is 12.6. The Labute approximate surface area is 175 Å². The van der Waals surface area contributed by atoms with Crippen LogP contribution in [0.2, 0.25) is 0 Å². The molecular formula is C23H37N3O3. The first-order valence-electron chi connectivity index (χ1n) is 10.7. The summed E-state index contributed by atoms with van der Waals surface area (Å²) >= 11 is 0. The monoisotopic (exact) mass is 403 g/mol. The second-order valence-corrected chi connectivity index (χ2v) is 8.68. The predicted molar refractivity (Wildman–Crippen MR) is 116 cm³/mol. The van der Waals surface area contributed by atoms with E-state index < -0.39 is 5.60 Å². The summed E-state index contributed by atoms with van der Waals surface area (Å²) in [5.74, 6) is 0.153. The summed E-state index contributed by atoms with van der Waals surface area (Å²) in [6.07, 6.45) is 1.37. The fourth-order valence-electron chi connectivity index (χ4n) is 3.87. The van der Waals surface area contributed by atoms with E-state index in [4.69, 9.17) is 4.74 Å². The highest BCUT2D eigenvalue weighted by molar-refractivity contribution is 5.83. The van der Waals surface area contributed by atoms with E-state index in [2.05, 4.69) is 4.90 Å². The van der Waals surface area contributed by atoms with Gasteiger partial charge in [0, 0.05) is 39.3 Å². The zero-order valence-corrected chi connectivity index (χ0v) is 18.9. The minimum Gasteiger partial charge on any atom is -0.444 e. The highest BCUT2D eigenvalue weighted by atomic mass is 16.6. The third-order valence-electron chi connectivity index (χ3n) is 5.52. The molecule has 0 radical (unpaired) electrons. The molecule has 1 aliphatic rings. The Morgan fingerprint density at radius 1 is 1.10 bits per heavy atom. The van der Waals surface area contributed by atoms with Crippen LogP contribution in [0.5, 0.6) is 0 Å². The molecule has 6 heteroatoms. The topological polar surface area (TPSA) is 53.1 Å². The SMILES string of the molecule is CCN(CC)C(=O)C(c1ccccc1)N1CCC(N(C)C(=O)OC(C)(C)C)CC1. The smallest absolute Gasteiger partial charge is 0.410 e. The van der Waals surface area contributed by atoms with Gasteiger partial charge in [0.1, 0.15) is 11.6 Å². The van der Waals surface area contributed by atoms with Gasteiger partial charge >= 0.3 is 6.09 Å². The molecule has 1 fully saturated rings. The van der Waals surface area contributed by atoms with Gasteiger partial charge in [0.25, 0.3) is 0 Å². The highest BCUT2D eigenvalue weighted by Gasteiger charge is 2.35. The minimum atomic E-state index is -0.499. The molecule has 1 atom stereocenters. The lowest BCUT2D eigenvalue weighted by atomic mass is 9.97. The minimum absolute atomic E-state index is 0.126. The molecule has 1 saturated heterocycles. The average molecular weight is 404 g/mol. The molecule has 0 bridgehead atoms. The van der Waals surface area contributed by atoms with Gasteiger partial charge in [-0.25, -0.2) is 4.79 Å². The number of amides is 2. The van der Waals surface area contributed by atoms with Crippen LogP contribution in [-0.2, 0) is 9.53 Å². The van der Waals surface area contributed by atoms with Crippen molar-refractivity contribution >= 4 is 12.0 Å². The Hall–Kier alpha value is -2.08. The Kier molecular flexibility index (Phi) is 8.08. The van der Waals surface area contributed by atoms with E-state index in [-0.39, 0.29) is 24.1 Å². The van der Waals surface area contributed by atoms with Crippen molar-refractivity contribution in [2.45, 2.75) is 65.1 Å². The molecule has 2 amide bonds. The summed E-state index contributed by atoms with van der Waals surface area (Å²) in [6, 6.07) is 9.87. The first-order chi connectivity index (χ1) is 13.7. The lowest BCUT2D eigenvalue weighted by molar-refractivity contribution is -0.137. The van der Waals surface area contributed by atoms with Gasteiger partial charge in [0.2, 0.25) is 5.91 Å². The molecule has 0 spiro atoms. The third kappa shape index (κ3) is 6.20. The molecule has 1 aromatic carbocycles. The van der Waals surface area contributed by atoms with E-state index in [0.29, 0.717) is 13.1 Å². The fraction of sp³-hybridized carbons (Fsp3) is 0.652. The maximum absolute atomic E-state index is 13.3. The Balaban J connectivity index is 2.10. The molecule has 1 heterocycles. The molecule has 0 saturated carbocycles. The maximum atomic E-state index is 13.3. The van der Waals surface area contributed by atoms with Gasteiger partial charge in [-0.2, -0.15) is 0 Å². The van der Waals surface area contributed by atoms with Crippen LogP contribution in [0.3, 0.4) is 0 Å². The van der Waals surface area contributed by atoms with Crippen LogP contribution in [-0.4, -0.2) is 71.6 Å². The van der Waals surface area contributed by atoms with Gasteiger partial charge in [-0.1, -0.05) is 30.3 Å². The molecule has 0 aromatic heterocycles. The number of hydrogen-bond donors (Lipinski definition) is 0. The molecule has 1 unspecified atom stereocenters. The van der Waals surface area contributed by atoms with Crippen LogP contribution in [0.15, 0.2) is 30.3 Å². The van der Waals surface area contributed by atoms with Crippen LogP contribution >= 0.6 is 0 Å². The standard InChI is InChI=1S/C23H37N3O3/c1-7-25(8-2)21(27)20(18-12-10-9-11-13-18)26-16-14-19(15-17-26)24(6)22(28)29-23(3,4)5/h9-13,19-20H,7-8,14-17H2,1-6H3. The normalized spacial score (nSPS) is 16.9. The second-order valence-electron chi connectivity index (χ2n) is 8.68. The van der Waals surface area contributed by atoms with Crippen molar-refractivity contribution in [3.05, 3.63) is 35.9 Å². The lowest BCUT2D eigenvalue weighted by Gasteiger charge is -2.41. The van der Waals surface area contributed by atoms with Gasteiger partial charge in [0.15, 0.2) is 0 Å². The molecule has 1 aromatic rings. The quantitative estimate of drug-likeness (QED) is 0.722. The summed E-state index contributed by atoms with van der Waals surface area (Å²) in [5.41, 5.74) is 0.532. The molecule has 0 N–H and O–H groups in total. The average Bonchev–Trinajstić information content (AvgIpc) is 2.68. The second kappa shape index (κ2) is 10.1. The van der Waals surface area contributed by atoms with Gasteiger partial charge < -0.3 is 14.5 Å². The van der Waals surface area contributed by atoms with Crippen molar-refractivity contribution in [2.24, 2.45) is 0 Å². The zero-order chi connectivity index (χ0) is 21.6. The molecule has 6 nitrogen and oxygen atoms in total. The molecule has 162 valence electrons. The summed E-state index contributed by atoms with van der Waals surface area (Å²) in [5, 5.41) is 0. The summed E-state index contributed by atoms with van der Waals surface area (Å²) in [7, 11) is 1.81. The van der Waals surface area contributed by atoms with Crippen molar-refractivity contribution in [1.82, 2.24) is 14.7 Å². The first-order valence-corrected chi connectivity index (χ1v) is 10.7. The number of nitrogens with zero attached hydrogens (tertiary/aromatic N) is 3. The van der Waals surface area contributed by atoms with E-state index in [1.807, 2.05) is 76.9 Å². The van der Waals surface area contributed by atoms with E-state index in [1.165, 1.54) is 0 Å². The molecule has 29 heavy (non-hydrogen) atoms. The van der Waals surface area contributed by atoms with Gasteiger partial charge in [-0.3, -0.25) is 9.69 Å². The number of ether oxygens (including phenoxy) is 1.